The molecule has 3 nitrogen and oxygen atoms in total. The molecule has 0 aliphatic heterocycles. The molecule has 7 heteroatoms. The quantitative estimate of drug-likeness (QED) is 0.493. The monoisotopic (exact) mass is 388 g/mol. The van der Waals surface area contributed by atoms with Gasteiger partial charge in [-0.05, 0) is 29.8 Å². The average Bonchev–Trinajstić information content (AvgIpc) is 2.99. The third kappa shape index (κ3) is 3.39. The van der Waals surface area contributed by atoms with Gasteiger partial charge in [-0.25, -0.2) is 4.39 Å². The number of aliphatic hydroxyl groups is 1. The molecule has 1 N–H and O–H groups in total. The van der Waals surface area contributed by atoms with E-state index in [4.69, 9.17) is 5.26 Å². The molecular formula is C21H16F4N2O. The van der Waals surface area contributed by atoms with Crippen LogP contribution in [0.5, 0.6) is 0 Å². The summed E-state index contributed by atoms with van der Waals surface area (Å²) in [4.78, 5) is 0. The van der Waals surface area contributed by atoms with Crippen molar-refractivity contribution < 1.29 is 22.7 Å². The summed E-state index contributed by atoms with van der Waals surface area (Å²) < 4.78 is 56.2. The van der Waals surface area contributed by atoms with Crippen molar-refractivity contribution in [2.75, 3.05) is 0 Å². The van der Waals surface area contributed by atoms with E-state index in [1.165, 1.54) is 47.2 Å². The van der Waals surface area contributed by atoms with Gasteiger partial charge in [-0.3, -0.25) is 0 Å². The molecule has 0 saturated carbocycles. The predicted octanol–water partition coefficient (Wildman–Crippen LogP) is 5.03. The Balaban J connectivity index is 2.25. The highest BCUT2D eigenvalue weighted by molar-refractivity contribution is 5.86. The van der Waals surface area contributed by atoms with Gasteiger partial charge in [-0.2, -0.15) is 18.4 Å². The Hall–Kier alpha value is -3.11. The van der Waals surface area contributed by atoms with E-state index in [2.05, 4.69) is 6.58 Å². The van der Waals surface area contributed by atoms with Gasteiger partial charge >= 0.3 is 6.18 Å². The largest absolute Gasteiger partial charge is 0.421 e. The lowest BCUT2D eigenvalue weighted by Crippen LogP contribution is -2.41. The van der Waals surface area contributed by atoms with Crippen molar-refractivity contribution in [2.24, 2.45) is 0 Å². The second-order valence-electron chi connectivity index (χ2n) is 6.50. The van der Waals surface area contributed by atoms with E-state index in [-0.39, 0.29) is 23.1 Å². The second kappa shape index (κ2) is 7.13. The maximum Gasteiger partial charge on any atom is 0.421 e. The molecule has 0 spiro atoms. The van der Waals surface area contributed by atoms with Crippen LogP contribution in [0, 0.1) is 17.1 Å². The van der Waals surface area contributed by atoms with Crippen molar-refractivity contribution in [1.82, 2.24) is 4.57 Å². The molecule has 0 radical (unpaired) electrons. The molecular weight excluding hydrogens is 372 g/mol. The minimum Gasteiger partial charge on any atom is -0.376 e. The lowest BCUT2D eigenvalue weighted by atomic mass is 9.89. The zero-order valence-electron chi connectivity index (χ0n) is 14.7. The van der Waals surface area contributed by atoms with Crippen molar-refractivity contribution in [1.29, 1.82) is 5.26 Å². The molecule has 0 fully saturated rings. The zero-order chi connectivity index (χ0) is 20.5. The Morgan fingerprint density at radius 1 is 1.18 bits per heavy atom. The Kier molecular flexibility index (Phi) is 5.01. The molecule has 0 saturated heterocycles. The van der Waals surface area contributed by atoms with Crippen LogP contribution in [0.2, 0.25) is 0 Å². The molecule has 3 aromatic rings. The van der Waals surface area contributed by atoms with Gasteiger partial charge < -0.3 is 9.67 Å². The van der Waals surface area contributed by atoms with E-state index in [1.807, 2.05) is 6.07 Å². The van der Waals surface area contributed by atoms with Gasteiger partial charge in [0.05, 0.1) is 17.1 Å². The van der Waals surface area contributed by atoms with Gasteiger partial charge in [0.25, 0.3) is 0 Å². The highest BCUT2D eigenvalue weighted by Crippen LogP contribution is 2.45. The molecule has 1 heterocycles. The highest BCUT2D eigenvalue weighted by Gasteiger charge is 2.55. The number of halogens is 4. The van der Waals surface area contributed by atoms with Crippen molar-refractivity contribution in [2.45, 2.75) is 24.7 Å². The lowest BCUT2D eigenvalue weighted by molar-refractivity contribution is -0.264. The molecule has 144 valence electrons. The van der Waals surface area contributed by atoms with Crippen molar-refractivity contribution in [3.63, 3.8) is 0 Å². The molecule has 2 aromatic carbocycles. The standard InChI is InChI=1S/C21H16F4N2O/c1-2-8-20(28,21(23,24)25)18-13-27(12-15-4-3-5-16(22)9-15)19-10-14(11-26)6-7-17(18)19/h2-7,9-10,13,28H,1,8,12H2. The van der Waals surface area contributed by atoms with E-state index >= 15 is 0 Å². The van der Waals surface area contributed by atoms with Crippen LogP contribution in [0.25, 0.3) is 10.9 Å². The summed E-state index contributed by atoms with van der Waals surface area (Å²) >= 11 is 0. The number of nitriles is 1. The topological polar surface area (TPSA) is 49.0 Å². The van der Waals surface area contributed by atoms with Crippen LogP contribution in [0.1, 0.15) is 23.1 Å². The zero-order valence-corrected chi connectivity index (χ0v) is 14.7. The van der Waals surface area contributed by atoms with Crippen LogP contribution in [-0.2, 0) is 12.1 Å². The van der Waals surface area contributed by atoms with Gasteiger partial charge in [0.2, 0.25) is 0 Å². The van der Waals surface area contributed by atoms with Crippen LogP contribution in [0.15, 0.2) is 61.3 Å². The first-order chi connectivity index (χ1) is 13.2. The molecule has 0 aliphatic rings. The number of benzene rings is 2. The maximum absolute atomic E-state index is 13.7. The highest BCUT2D eigenvalue weighted by atomic mass is 19.4. The van der Waals surface area contributed by atoms with Gasteiger partial charge in [0.15, 0.2) is 5.60 Å². The van der Waals surface area contributed by atoms with E-state index in [9.17, 15) is 22.7 Å². The first kappa shape index (κ1) is 19.6. The first-order valence-electron chi connectivity index (χ1n) is 8.37. The normalized spacial score (nSPS) is 13.9. The van der Waals surface area contributed by atoms with Crippen molar-refractivity contribution in [3.05, 3.63) is 83.8 Å². The minimum absolute atomic E-state index is 0.0746. The molecule has 3 rings (SSSR count). The summed E-state index contributed by atoms with van der Waals surface area (Å²) in [6.07, 6.45) is -3.46. The summed E-state index contributed by atoms with van der Waals surface area (Å²) in [6, 6.07) is 11.9. The number of rotatable bonds is 5. The molecule has 1 atom stereocenters. The molecule has 28 heavy (non-hydrogen) atoms. The van der Waals surface area contributed by atoms with Gasteiger partial charge in [-0.1, -0.05) is 24.3 Å². The second-order valence-corrected chi connectivity index (χ2v) is 6.50. The fourth-order valence-corrected chi connectivity index (χ4v) is 3.24. The predicted molar refractivity (Wildman–Crippen MR) is 96.9 cm³/mol. The van der Waals surface area contributed by atoms with Gasteiger partial charge in [0.1, 0.15) is 5.82 Å². The van der Waals surface area contributed by atoms with E-state index < -0.39 is 24.0 Å². The summed E-state index contributed by atoms with van der Waals surface area (Å²) in [7, 11) is 0. The summed E-state index contributed by atoms with van der Waals surface area (Å²) in [6.45, 7) is 3.40. The number of aromatic nitrogens is 1. The van der Waals surface area contributed by atoms with Crippen LogP contribution < -0.4 is 0 Å². The first-order valence-corrected chi connectivity index (χ1v) is 8.37. The van der Waals surface area contributed by atoms with E-state index in [0.29, 0.717) is 11.1 Å². The summed E-state index contributed by atoms with van der Waals surface area (Å²) in [5, 5.41) is 19.8. The summed E-state index contributed by atoms with van der Waals surface area (Å²) in [5.41, 5.74) is -2.34. The summed E-state index contributed by atoms with van der Waals surface area (Å²) in [5.74, 6) is -0.467. The third-order valence-electron chi connectivity index (χ3n) is 4.61. The Bertz CT molecular complexity index is 1080. The molecule has 0 aliphatic carbocycles. The number of fused-ring (bicyclic) bond motifs is 1. The van der Waals surface area contributed by atoms with Crippen LogP contribution in [-0.4, -0.2) is 15.8 Å². The van der Waals surface area contributed by atoms with Crippen LogP contribution in [0.4, 0.5) is 17.6 Å². The Morgan fingerprint density at radius 3 is 2.54 bits per heavy atom. The van der Waals surface area contributed by atoms with Gasteiger partial charge in [0, 0.05) is 30.1 Å². The van der Waals surface area contributed by atoms with Crippen molar-refractivity contribution in [3.8, 4) is 6.07 Å². The number of nitrogens with zero attached hydrogens (tertiary/aromatic N) is 2. The van der Waals surface area contributed by atoms with Crippen molar-refractivity contribution >= 4 is 10.9 Å². The smallest absolute Gasteiger partial charge is 0.376 e. The fraction of sp³-hybridized carbons (Fsp3) is 0.190. The number of alkyl halides is 3. The van der Waals surface area contributed by atoms with Crippen LogP contribution >= 0.6 is 0 Å². The Morgan fingerprint density at radius 2 is 1.93 bits per heavy atom. The molecule has 0 amide bonds. The lowest BCUT2D eigenvalue weighted by Gasteiger charge is -2.29. The van der Waals surface area contributed by atoms with E-state index in [0.717, 1.165) is 6.08 Å². The Labute approximate surface area is 158 Å². The minimum atomic E-state index is -4.94. The number of hydrogen-bond acceptors (Lipinski definition) is 2. The molecule has 1 aromatic heterocycles. The van der Waals surface area contributed by atoms with Gasteiger partial charge in [-0.15, -0.1) is 6.58 Å². The fourth-order valence-electron chi connectivity index (χ4n) is 3.24. The maximum atomic E-state index is 13.7. The van der Waals surface area contributed by atoms with E-state index in [1.54, 1.807) is 6.07 Å². The molecule has 0 bridgehead atoms. The van der Waals surface area contributed by atoms with Crippen LogP contribution in [0.3, 0.4) is 0 Å². The SMILES string of the molecule is C=CCC(O)(c1cn(Cc2cccc(F)c2)c2cc(C#N)ccc12)C(F)(F)F. The molecule has 1 unspecified atom stereocenters. The average molecular weight is 388 g/mol. The number of hydrogen-bond donors (Lipinski definition) is 1. The third-order valence-corrected chi connectivity index (χ3v) is 4.61.